The number of carboxylic acids is 1. The molecule has 5 heteroatoms. The van der Waals surface area contributed by atoms with Crippen molar-refractivity contribution in [2.24, 2.45) is 0 Å². The van der Waals surface area contributed by atoms with Crippen molar-refractivity contribution in [3.63, 3.8) is 0 Å². The number of hydrogen-bond acceptors (Lipinski definition) is 3. The lowest BCUT2D eigenvalue weighted by molar-refractivity contribution is 0.0693. The molecule has 102 valence electrons. The number of aromatic amines is 1. The maximum atomic E-state index is 11.8. The third kappa shape index (κ3) is 2.11. The van der Waals surface area contributed by atoms with Crippen molar-refractivity contribution in [2.45, 2.75) is 25.2 Å². The van der Waals surface area contributed by atoms with Gasteiger partial charge in [-0.1, -0.05) is 30.3 Å². The predicted molar refractivity (Wildman–Crippen MR) is 73.1 cm³/mol. The monoisotopic (exact) mass is 270 g/mol. The Morgan fingerprint density at radius 3 is 2.60 bits per heavy atom. The molecule has 1 fully saturated rings. The zero-order valence-corrected chi connectivity index (χ0v) is 11.0. The lowest BCUT2D eigenvalue weighted by Gasteiger charge is -2.04. The van der Waals surface area contributed by atoms with E-state index in [0.717, 1.165) is 6.42 Å². The van der Waals surface area contributed by atoms with Crippen LogP contribution in [0.1, 0.15) is 45.7 Å². The van der Waals surface area contributed by atoms with E-state index in [9.17, 15) is 9.59 Å². The summed E-state index contributed by atoms with van der Waals surface area (Å²) in [5, 5.41) is 8.96. The number of nitrogens with one attached hydrogen (secondary N) is 1. The van der Waals surface area contributed by atoms with Crippen LogP contribution in [0, 0.1) is 6.92 Å². The molecule has 1 heterocycles. The lowest BCUT2D eigenvalue weighted by atomic mass is 10.1. The van der Waals surface area contributed by atoms with Crippen LogP contribution in [0.2, 0.25) is 0 Å². The molecule has 2 atom stereocenters. The Morgan fingerprint density at radius 2 is 2.00 bits per heavy atom. The van der Waals surface area contributed by atoms with Gasteiger partial charge in [-0.25, -0.2) is 9.78 Å². The number of benzene rings is 1. The maximum Gasteiger partial charge on any atom is 0.343 e. The summed E-state index contributed by atoms with van der Waals surface area (Å²) in [5.41, 5.74) is 0.652. The molecule has 0 radical (unpaired) electrons. The second kappa shape index (κ2) is 4.59. The van der Waals surface area contributed by atoms with Crippen molar-refractivity contribution < 1.29 is 9.90 Å². The first-order valence-electron chi connectivity index (χ1n) is 6.47. The van der Waals surface area contributed by atoms with E-state index in [2.05, 4.69) is 22.1 Å². The molecule has 1 saturated carbocycles. The number of carbonyl (C=O) groups is 1. The van der Waals surface area contributed by atoms with Crippen molar-refractivity contribution >= 4 is 5.97 Å². The van der Waals surface area contributed by atoms with Gasteiger partial charge in [-0.2, -0.15) is 0 Å². The number of nitrogens with zero attached hydrogens (tertiary/aromatic N) is 1. The molecule has 3 rings (SSSR count). The zero-order chi connectivity index (χ0) is 14.3. The number of aromatic carboxylic acids is 1. The Balaban J connectivity index is 1.91. The average Bonchev–Trinajstić information content (AvgIpc) is 3.18. The molecule has 1 aliphatic rings. The van der Waals surface area contributed by atoms with E-state index >= 15 is 0 Å². The summed E-state index contributed by atoms with van der Waals surface area (Å²) in [6.45, 7) is 1.56. The molecule has 1 aromatic carbocycles. The Morgan fingerprint density at radius 1 is 1.30 bits per heavy atom. The van der Waals surface area contributed by atoms with E-state index in [-0.39, 0.29) is 17.2 Å². The highest BCUT2D eigenvalue weighted by Crippen LogP contribution is 2.53. The van der Waals surface area contributed by atoms with Gasteiger partial charge >= 0.3 is 5.97 Å². The second-order valence-corrected chi connectivity index (χ2v) is 5.08. The summed E-state index contributed by atoms with van der Waals surface area (Å²) in [5.74, 6) is -0.120. The van der Waals surface area contributed by atoms with Gasteiger partial charge in [0.25, 0.3) is 5.56 Å². The van der Waals surface area contributed by atoms with E-state index in [1.54, 1.807) is 6.92 Å². The quantitative estimate of drug-likeness (QED) is 0.894. The van der Waals surface area contributed by atoms with Crippen molar-refractivity contribution in [2.75, 3.05) is 0 Å². The van der Waals surface area contributed by atoms with Crippen molar-refractivity contribution in [1.82, 2.24) is 9.97 Å². The predicted octanol–water partition coefficient (Wildman–Crippen LogP) is 2.05. The molecule has 2 unspecified atom stereocenters. The minimum Gasteiger partial charge on any atom is -0.477 e. The maximum absolute atomic E-state index is 11.8. The summed E-state index contributed by atoms with van der Waals surface area (Å²) in [6, 6.07) is 10.1. The van der Waals surface area contributed by atoms with Crippen molar-refractivity contribution in [1.29, 1.82) is 0 Å². The second-order valence-electron chi connectivity index (χ2n) is 5.08. The summed E-state index contributed by atoms with van der Waals surface area (Å²) in [4.78, 5) is 29.6. The third-order valence-electron chi connectivity index (χ3n) is 3.70. The van der Waals surface area contributed by atoms with Gasteiger partial charge in [0.2, 0.25) is 0 Å². The van der Waals surface area contributed by atoms with Gasteiger partial charge in [0.15, 0.2) is 0 Å². The minimum atomic E-state index is -1.24. The van der Waals surface area contributed by atoms with E-state index in [0.29, 0.717) is 11.7 Å². The van der Waals surface area contributed by atoms with E-state index in [1.807, 2.05) is 18.2 Å². The van der Waals surface area contributed by atoms with Gasteiger partial charge in [-0.15, -0.1) is 0 Å². The fraction of sp³-hybridized carbons (Fsp3) is 0.267. The topological polar surface area (TPSA) is 83.0 Å². The number of aromatic nitrogens is 2. The molecule has 1 aliphatic carbocycles. The first-order chi connectivity index (χ1) is 9.58. The van der Waals surface area contributed by atoms with Crippen LogP contribution >= 0.6 is 0 Å². The summed E-state index contributed by atoms with van der Waals surface area (Å²) < 4.78 is 0. The van der Waals surface area contributed by atoms with Gasteiger partial charge in [-0.3, -0.25) is 4.79 Å². The van der Waals surface area contributed by atoms with Crippen LogP contribution in [0.4, 0.5) is 0 Å². The lowest BCUT2D eigenvalue weighted by Crippen LogP contribution is -2.22. The molecular formula is C15H14N2O3. The molecule has 1 aromatic heterocycles. The molecule has 0 bridgehead atoms. The fourth-order valence-electron chi connectivity index (χ4n) is 2.60. The molecule has 0 saturated heterocycles. The SMILES string of the molecule is Cc1nc(C2CC2c2ccccc2)[nH]c(=O)c1C(=O)O. The first kappa shape index (κ1) is 12.6. The summed E-state index contributed by atoms with van der Waals surface area (Å²) in [6.07, 6.45) is 0.929. The molecule has 2 N–H and O–H groups in total. The fourth-order valence-corrected chi connectivity index (χ4v) is 2.60. The summed E-state index contributed by atoms with van der Waals surface area (Å²) in [7, 11) is 0. The average molecular weight is 270 g/mol. The van der Waals surface area contributed by atoms with Crippen LogP contribution in [0.3, 0.4) is 0 Å². The van der Waals surface area contributed by atoms with E-state index in [4.69, 9.17) is 5.11 Å². The highest BCUT2D eigenvalue weighted by molar-refractivity contribution is 5.88. The summed E-state index contributed by atoms with van der Waals surface area (Å²) >= 11 is 0. The first-order valence-corrected chi connectivity index (χ1v) is 6.47. The standard InChI is InChI=1S/C15H14N2O3/c1-8-12(15(19)20)14(18)17-13(16-8)11-7-10(11)9-5-3-2-4-6-9/h2-6,10-11H,7H2,1H3,(H,19,20)(H,16,17,18). The van der Waals surface area contributed by atoms with Gasteiger partial charge in [0.05, 0.1) is 5.69 Å². The van der Waals surface area contributed by atoms with Crippen LogP contribution in [0.15, 0.2) is 35.1 Å². The normalized spacial score (nSPS) is 20.6. The van der Waals surface area contributed by atoms with E-state index in [1.165, 1.54) is 5.56 Å². The van der Waals surface area contributed by atoms with Gasteiger partial charge in [-0.05, 0) is 24.8 Å². The molecule has 0 aliphatic heterocycles. The van der Waals surface area contributed by atoms with Crippen molar-refractivity contribution in [3.8, 4) is 0 Å². The van der Waals surface area contributed by atoms with Crippen molar-refractivity contribution in [3.05, 3.63) is 63.3 Å². The Kier molecular flexibility index (Phi) is 2.89. The third-order valence-corrected chi connectivity index (χ3v) is 3.70. The number of H-pyrrole nitrogens is 1. The molecule has 0 amide bonds. The molecule has 5 nitrogen and oxygen atoms in total. The van der Waals surface area contributed by atoms with Gasteiger partial charge in [0, 0.05) is 5.92 Å². The Labute approximate surface area is 115 Å². The largest absolute Gasteiger partial charge is 0.477 e. The van der Waals surface area contributed by atoms with Crippen LogP contribution < -0.4 is 5.56 Å². The highest BCUT2D eigenvalue weighted by Gasteiger charge is 2.41. The number of rotatable bonds is 3. The van der Waals surface area contributed by atoms with Gasteiger partial charge < -0.3 is 10.1 Å². The van der Waals surface area contributed by atoms with Gasteiger partial charge in [0.1, 0.15) is 11.4 Å². The highest BCUT2D eigenvalue weighted by atomic mass is 16.4. The Hall–Kier alpha value is -2.43. The number of aryl methyl sites for hydroxylation is 1. The van der Waals surface area contributed by atoms with Crippen LogP contribution in [-0.4, -0.2) is 21.0 Å². The Bertz CT molecular complexity index is 722. The number of carboxylic acid groups (broad SMARTS) is 1. The zero-order valence-electron chi connectivity index (χ0n) is 11.0. The molecule has 0 spiro atoms. The molecule has 20 heavy (non-hydrogen) atoms. The van der Waals surface area contributed by atoms with Crippen LogP contribution in [-0.2, 0) is 0 Å². The van der Waals surface area contributed by atoms with Crippen LogP contribution in [0.25, 0.3) is 0 Å². The van der Waals surface area contributed by atoms with Crippen LogP contribution in [0.5, 0.6) is 0 Å². The van der Waals surface area contributed by atoms with E-state index < -0.39 is 11.5 Å². The molecule has 2 aromatic rings. The number of hydrogen-bond donors (Lipinski definition) is 2. The smallest absolute Gasteiger partial charge is 0.343 e. The minimum absolute atomic E-state index is 0.173. The molecular weight excluding hydrogens is 256 g/mol.